The van der Waals surface area contributed by atoms with Crippen molar-refractivity contribution in [3.8, 4) is 5.75 Å². The third-order valence-corrected chi connectivity index (χ3v) is 6.58. The van der Waals surface area contributed by atoms with Crippen LogP contribution in [0.15, 0.2) is 84.3 Å². The second-order valence-electron chi connectivity index (χ2n) is 9.14. The van der Waals surface area contributed by atoms with E-state index in [0.29, 0.717) is 18.1 Å². The van der Waals surface area contributed by atoms with E-state index in [1.165, 1.54) is 11.9 Å². The van der Waals surface area contributed by atoms with Crippen molar-refractivity contribution in [2.24, 2.45) is 0 Å². The Bertz CT molecular complexity index is 1450. The SMILES string of the molecule is CC1=C(C(=O)Nc2cccc(C)c2C)C(c2ccc(OCc3cccc(C)c3)cc2)n2ncnc2N1. The fourth-order valence-electron chi connectivity index (χ4n) is 4.48. The molecule has 0 radical (unpaired) electrons. The Morgan fingerprint density at radius 3 is 2.58 bits per heavy atom. The van der Waals surface area contributed by atoms with E-state index >= 15 is 0 Å². The van der Waals surface area contributed by atoms with Crippen LogP contribution in [-0.2, 0) is 11.4 Å². The number of benzene rings is 3. The van der Waals surface area contributed by atoms with E-state index in [1.807, 2.05) is 69.3 Å². The van der Waals surface area contributed by atoms with Gasteiger partial charge in [-0.05, 0) is 68.1 Å². The largest absolute Gasteiger partial charge is 0.489 e. The minimum absolute atomic E-state index is 0.181. The number of nitrogens with zero attached hydrogens (tertiary/aromatic N) is 3. The van der Waals surface area contributed by atoms with Crippen LogP contribution in [0.3, 0.4) is 0 Å². The summed E-state index contributed by atoms with van der Waals surface area (Å²) in [4.78, 5) is 17.9. The molecule has 5 rings (SSSR count). The van der Waals surface area contributed by atoms with Gasteiger partial charge in [0.15, 0.2) is 0 Å². The molecule has 2 N–H and O–H groups in total. The number of anilines is 2. The topological polar surface area (TPSA) is 81.1 Å². The normalized spacial score (nSPS) is 14.7. The Morgan fingerprint density at radius 2 is 1.81 bits per heavy atom. The lowest BCUT2D eigenvalue weighted by molar-refractivity contribution is -0.113. The number of aromatic nitrogens is 3. The van der Waals surface area contributed by atoms with Crippen LogP contribution in [0.5, 0.6) is 5.75 Å². The van der Waals surface area contributed by atoms with Gasteiger partial charge in [-0.1, -0.05) is 54.1 Å². The zero-order valence-electron chi connectivity index (χ0n) is 20.9. The predicted octanol–water partition coefficient (Wildman–Crippen LogP) is 5.71. The summed E-state index contributed by atoms with van der Waals surface area (Å²) in [7, 11) is 0. The molecule has 7 nitrogen and oxygen atoms in total. The van der Waals surface area contributed by atoms with Crippen molar-refractivity contribution < 1.29 is 9.53 Å². The van der Waals surface area contributed by atoms with Gasteiger partial charge in [-0.25, -0.2) is 4.68 Å². The molecule has 0 saturated carbocycles. The molecule has 1 amide bonds. The van der Waals surface area contributed by atoms with Crippen molar-refractivity contribution in [3.63, 3.8) is 0 Å². The fraction of sp³-hybridized carbons (Fsp3) is 0.207. The molecule has 1 aliphatic heterocycles. The number of ether oxygens (including phenoxy) is 1. The monoisotopic (exact) mass is 479 g/mol. The third kappa shape index (κ3) is 4.60. The summed E-state index contributed by atoms with van der Waals surface area (Å²) in [5.41, 5.74) is 7.52. The Hall–Kier alpha value is -4.39. The van der Waals surface area contributed by atoms with Crippen molar-refractivity contribution in [3.05, 3.63) is 112 Å². The Morgan fingerprint density at radius 1 is 1.03 bits per heavy atom. The summed E-state index contributed by atoms with van der Waals surface area (Å²) < 4.78 is 7.75. The average Bonchev–Trinajstić information content (AvgIpc) is 3.33. The first-order valence-corrected chi connectivity index (χ1v) is 11.9. The van der Waals surface area contributed by atoms with Crippen LogP contribution < -0.4 is 15.4 Å². The van der Waals surface area contributed by atoms with Crippen LogP contribution >= 0.6 is 0 Å². The van der Waals surface area contributed by atoms with Crippen molar-refractivity contribution in [1.82, 2.24) is 14.8 Å². The molecule has 182 valence electrons. The van der Waals surface area contributed by atoms with Gasteiger partial charge in [0.1, 0.15) is 24.7 Å². The second kappa shape index (κ2) is 9.70. The lowest BCUT2D eigenvalue weighted by Gasteiger charge is -2.29. The number of carbonyl (C=O) groups is 1. The van der Waals surface area contributed by atoms with Gasteiger partial charge in [0.05, 0.1) is 5.57 Å². The number of carbonyl (C=O) groups excluding carboxylic acids is 1. The molecule has 0 bridgehead atoms. The highest BCUT2D eigenvalue weighted by molar-refractivity contribution is 6.06. The number of nitrogens with one attached hydrogen (secondary N) is 2. The number of amides is 1. The summed E-state index contributed by atoms with van der Waals surface area (Å²) in [6.45, 7) is 8.49. The molecule has 1 atom stereocenters. The van der Waals surface area contributed by atoms with E-state index in [1.54, 1.807) is 4.68 Å². The second-order valence-corrected chi connectivity index (χ2v) is 9.14. The van der Waals surface area contributed by atoms with Crippen LogP contribution in [0.1, 0.15) is 40.8 Å². The van der Waals surface area contributed by atoms with Gasteiger partial charge in [0.2, 0.25) is 5.95 Å². The van der Waals surface area contributed by atoms with Crippen molar-refractivity contribution >= 4 is 17.5 Å². The number of aryl methyl sites for hydroxylation is 2. The van der Waals surface area contributed by atoms with E-state index in [4.69, 9.17) is 4.74 Å². The van der Waals surface area contributed by atoms with Gasteiger partial charge in [-0.3, -0.25) is 4.79 Å². The van der Waals surface area contributed by atoms with E-state index in [2.05, 4.69) is 45.8 Å². The van der Waals surface area contributed by atoms with Crippen LogP contribution in [0.4, 0.5) is 11.6 Å². The van der Waals surface area contributed by atoms with Gasteiger partial charge in [0, 0.05) is 11.4 Å². The van der Waals surface area contributed by atoms with Crippen LogP contribution in [0.25, 0.3) is 0 Å². The van der Waals surface area contributed by atoms with E-state index in [0.717, 1.165) is 39.4 Å². The summed E-state index contributed by atoms with van der Waals surface area (Å²) >= 11 is 0. The zero-order valence-corrected chi connectivity index (χ0v) is 20.9. The smallest absolute Gasteiger partial charge is 0.255 e. The summed E-state index contributed by atoms with van der Waals surface area (Å²) in [5.74, 6) is 1.18. The lowest BCUT2D eigenvalue weighted by atomic mass is 9.94. The maximum Gasteiger partial charge on any atom is 0.255 e. The number of hydrogen-bond acceptors (Lipinski definition) is 5. The number of allylic oxidation sites excluding steroid dienone is 1. The molecule has 4 aromatic rings. The third-order valence-electron chi connectivity index (χ3n) is 6.58. The van der Waals surface area contributed by atoms with Gasteiger partial charge in [-0.2, -0.15) is 10.1 Å². The molecule has 3 aromatic carbocycles. The molecule has 0 spiro atoms. The lowest BCUT2D eigenvalue weighted by Crippen LogP contribution is -2.31. The first-order valence-electron chi connectivity index (χ1n) is 11.9. The van der Waals surface area contributed by atoms with Crippen molar-refractivity contribution in [1.29, 1.82) is 0 Å². The molecule has 0 fully saturated rings. The molecule has 36 heavy (non-hydrogen) atoms. The van der Waals surface area contributed by atoms with E-state index < -0.39 is 6.04 Å². The molecular weight excluding hydrogens is 450 g/mol. The van der Waals surface area contributed by atoms with Crippen molar-refractivity contribution in [2.75, 3.05) is 10.6 Å². The molecule has 2 heterocycles. The van der Waals surface area contributed by atoms with Gasteiger partial charge >= 0.3 is 0 Å². The van der Waals surface area contributed by atoms with Gasteiger partial charge in [0.25, 0.3) is 5.91 Å². The van der Waals surface area contributed by atoms with Crippen LogP contribution in [-0.4, -0.2) is 20.7 Å². The standard InChI is InChI=1S/C29H29N5O2/c1-18-7-5-9-22(15-18)16-36-24-13-11-23(12-14-24)27-26(21(4)32-29-30-17-31-34(27)29)28(35)33-25-10-6-8-19(2)20(25)3/h5-15,17,27H,16H2,1-4H3,(H,33,35)(H,30,31,32). The minimum atomic E-state index is -0.431. The highest BCUT2D eigenvalue weighted by atomic mass is 16.5. The van der Waals surface area contributed by atoms with Gasteiger partial charge < -0.3 is 15.4 Å². The molecule has 1 aromatic heterocycles. The number of rotatable bonds is 6. The first kappa shape index (κ1) is 23.4. The molecular formula is C29H29N5O2. The Labute approximate surface area is 210 Å². The molecule has 0 saturated heterocycles. The van der Waals surface area contributed by atoms with E-state index in [9.17, 15) is 4.79 Å². The average molecular weight is 480 g/mol. The Balaban J connectivity index is 1.42. The molecule has 7 heteroatoms. The molecule has 0 aliphatic carbocycles. The highest BCUT2D eigenvalue weighted by Crippen LogP contribution is 2.36. The molecule has 1 aliphatic rings. The number of fused-ring (bicyclic) bond motifs is 1. The highest BCUT2D eigenvalue weighted by Gasteiger charge is 2.33. The van der Waals surface area contributed by atoms with Gasteiger partial charge in [-0.15, -0.1) is 0 Å². The fourth-order valence-corrected chi connectivity index (χ4v) is 4.48. The Kier molecular flexibility index (Phi) is 6.29. The molecule has 1 unspecified atom stereocenters. The van der Waals surface area contributed by atoms with Crippen molar-refractivity contribution in [2.45, 2.75) is 40.3 Å². The summed E-state index contributed by atoms with van der Waals surface area (Å²) in [5, 5.41) is 10.8. The summed E-state index contributed by atoms with van der Waals surface area (Å²) in [6, 6.07) is 21.5. The maximum atomic E-state index is 13.6. The summed E-state index contributed by atoms with van der Waals surface area (Å²) in [6.07, 6.45) is 1.49. The minimum Gasteiger partial charge on any atom is -0.489 e. The zero-order chi connectivity index (χ0) is 25.2. The predicted molar refractivity (Wildman–Crippen MR) is 141 cm³/mol. The number of hydrogen-bond donors (Lipinski definition) is 2. The quantitative estimate of drug-likeness (QED) is 0.370. The van der Waals surface area contributed by atoms with E-state index in [-0.39, 0.29) is 5.91 Å². The maximum absolute atomic E-state index is 13.6. The van der Waals surface area contributed by atoms with Crippen LogP contribution in [0.2, 0.25) is 0 Å². The van der Waals surface area contributed by atoms with Crippen LogP contribution in [0, 0.1) is 20.8 Å². The first-order chi connectivity index (χ1) is 17.4.